The second-order valence-corrected chi connectivity index (χ2v) is 4.85. The van der Waals surface area contributed by atoms with E-state index in [1.54, 1.807) is 6.92 Å². The second kappa shape index (κ2) is 5.50. The van der Waals surface area contributed by atoms with Crippen LogP contribution in [0.3, 0.4) is 0 Å². The molecular formula is C14H20N2O2. The summed E-state index contributed by atoms with van der Waals surface area (Å²) in [7, 11) is 0. The number of amides is 1. The molecule has 0 spiro atoms. The van der Waals surface area contributed by atoms with Crippen LogP contribution in [-0.2, 0) is 9.53 Å². The van der Waals surface area contributed by atoms with E-state index in [0.717, 1.165) is 5.56 Å². The SMILES string of the molecule is CC1CN(C(=O)[C@H](C)N)C(c2ccccc2)CO1. The van der Waals surface area contributed by atoms with Gasteiger partial charge in [0.1, 0.15) is 0 Å². The highest BCUT2D eigenvalue weighted by molar-refractivity contribution is 5.81. The van der Waals surface area contributed by atoms with Gasteiger partial charge in [0.2, 0.25) is 5.91 Å². The molecule has 0 radical (unpaired) electrons. The Morgan fingerprint density at radius 1 is 1.44 bits per heavy atom. The first-order valence-electron chi connectivity index (χ1n) is 6.32. The molecule has 0 saturated carbocycles. The maximum absolute atomic E-state index is 12.2. The molecule has 2 rings (SSSR count). The highest BCUT2D eigenvalue weighted by Gasteiger charge is 2.32. The molecule has 1 aliphatic heterocycles. The van der Waals surface area contributed by atoms with Gasteiger partial charge in [-0.3, -0.25) is 4.79 Å². The molecule has 1 saturated heterocycles. The predicted molar refractivity (Wildman–Crippen MR) is 70.0 cm³/mol. The molecule has 98 valence electrons. The van der Waals surface area contributed by atoms with Crippen molar-refractivity contribution in [2.75, 3.05) is 13.2 Å². The number of nitrogens with zero attached hydrogens (tertiary/aromatic N) is 1. The molecule has 2 N–H and O–H groups in total. The Hall–Kier alpha value is -1.39. The van der Waals surface area contributed by atoms with Crippen molar-refractivity contribution < 1.29 is 9.53 Å². The van der Waals surface area contributed by atoms with E-state index in [1.807, 2.05) is 42.2 Å². The van der Waals surface area contributed by atoms with Gasteiger partial charge in [0.05, 0.1) is 24.8 Å². The number of morpholine rings is 1. The van der Waals surface area contributed by atoms with Gasteiger partial charge in [-0.15, -0.1) is 0 Å². The highest BCUT2D eigenvalue weighted by Crippen LogP contribution is 2.26. The van der Waals surface area contributed by atoms with E-state index >= 15 is 0 Å². The molecule has 18 heavy (non-hydrogen) atoms. The number of nitrogens with two attached hydrogens (primary N) is 1. The summed E-state index contributed by atoms with van der Waals surface area (Å²) in [5.74, 6) is -0.0148. The minimum atomic E-state index is -0.471. The van der Waals surface area contributed by atoms with E-state index in [4.69, 9.17) is 10.5 Å². The molecule has 4 nitrogen and oxygen atoms in total. The Labute approximate surface area is 108 Å². The predicted octanol–water partition coefficient (Wildman–Crippen LogP) is 1.32. The zero-order valence-electron chi connectivity index (χ0n) is 10.9. The van der Waals surface area contributed by atoms with Crippen molar-refractivity contribution in [1.29, 1.82) is 0 Å². The summed E-state index contributed by atoms with van der Waals surface area (Å²) in [6, 6.07) is 9.45. The normalized spacial score (nSPS) is 25.8. The molecule has 1 heterocycles. The maximum Gasteiger partial charge on any atom is 0.239 e. The van der Waals surface area contributed by atoms with Gasteiger partial charge in [0, 0.05) is 6.54 Å². The number of rotatable bonds is 2. The lowest BCUT2D eigenvalue weighted by atomic mass is 10.0. The molecule has 1 aliphatic rings. The summed E-state index contributed by atoms with van der Waals surface area (Å²) in [6.07, 6.45) is 0.0627. The fourth-order valence-corrected chi connectivity index (χ4v) is 2.26. The van der Waals surface area contributed by atoms with Crippen LogP contribution < -0.4 is 5.73 Å². The molecular weight excluding hydrogens is 228 g/mol. The van der Waals surface area contributed by atoms with Crippen molar-refractivity contribution in [3.63, 3.8) is 0 Å². The van der Waals surface area contributed by atoms with Gasteiger partial charge in [-0.05, 0) is 19.4 Å². The van der Waals surface area contributed by atoms with E-state index in [1.165, 1.54) is 0 Å². The quantitative estimate of drug-likeness (QED) is 0.859. The summed E-state index contributed by atoms with van der Waals surface area (Å²) >= 11 is 0. The Kier molecular flexibility index (Phi) is 3.99. The molecule has 3 atom stereocenters. The fourth-order valence-electron chi connectivity index (χ4n) is 2.26. The van der Waals surface area contributed by atoms with Crippen LogP contribution in [0.5, 0.6) is 0 Å². The first kappa shape index (κ1) is 13.1. The standard InChI is InChI=1S/C14H20N2O2/c1-10-8-16(14(17)11(2)15)13(9-18-10)12-6-4-3-5-7-12/h3-7,10-11,13H,8-9,15H2,1-2H3/t10?,11-,13?/m0/s1. The number of ether oxygens (including phenoxy) is 1. The van der Waals surface area contributed by atoms with Crippen molar-refractivity contribution in [2.45, 2.75) is 32.0 Å². The molecule has 4 heteroatoms. The van der Waals surface area contributed by atoms with E-state index in [-0.39, 0.29) is 18.1 Å². The number of carbonyl (C=O) groups excluding carboxylic acids is 1. The molecule has 2 unspecified atom stereocenters. The van der Waals surface area contributed by atoms with Crippen LogP contribution in [0.1, 0.15) is 25.5 Å². The summed E-state index contributed by atoms with van der Waals surface area (Å²) in [5, 5.41) is 0. The van der Waals surface area contributed by atoms with Crippen LogP contribution in [-0.4, -0.2) is 36.1 Å². The zero-order chi connectivity index (χ0) is 13.1. The van der Waals surface area contributed by atoms with Crippen molar-refractivity contribution in [2.24, 2.45) is 5.73 Å². The molecule has 0 aromatic heterocycles. The fraction of sp³-hybridized carbons (Fsp3) is 0.500. The van der Waals surface area contributed by atoms with E-state index in [9.17, 15) is 4.79 Å². The van der Waals surface area contributed by atoms with Gasteiger partial charge in [0.25, 0.3) is 0 Å². The lowest BCUT2D eigenvalue weighted by Gasteiger charge is -2.39. The monoisotopic (exact) mass is 248 g/mol. The number of hydrogen-bond acceptors (Lipinski definition) is 3. The first-order valence-corrected chi connectivity index (χ1v) is 6.32. The summed E-state index contributed by atoms with van der Waals surface area (Å²) in [5.41, 5.74) is 6.82. The molecule has 1 aromatic carbocycles. The van der Waals surface area contributed by atoms with Crippen molar-refractivity contribution >= 4 is 5.91 Å². The topological polar surface area (TPSA) is 55.6 Å². The van der Waals surface area contributed by atoms with Gasteiger partial charge in [-0.25, -0.2) is 0 Å². The largest absolute Gasteiger partial charge is 0.374 e. The Morgan fingerprint density at radius 2 is 2.11 bits per heavy atom. The summed E-state index contributed by atoms with van der Waals surface area (Å²) in [4.78, 5) is 14.0. The smallest absolute Gasteiger partial charge is 0.239 e. The van der Waals surface area contributed by atoms with Gasteiger partial charge in [-0.2, -0.15) is 0 Å². The lowest BCUT2D eigenvalue weighted by molar-refractivity contribution is -0.145. The van der Waals surface area contributed by atoms with Crippen LogP contribution in [0.15, 0.2) is 30.3 Å². The van der Waals surface area contributed by atoms with Crippen molar-refractivity contribution in [3.05, 3.63) is 35.9 Å². The Morgan fingerprint density at radius 3 is 2.72 bits per heavy atom. The minimum Gasteiger partial charge on any atom is -0.374 e. The lowest BCUT2D eigenvalue weighted by Crippen LogP contribution is -2.51. The van der Waals surface area contributed by atoms with Crippen LogP contribution in [0.4, 0.5) is 0 Å². The summed E-state index contributed by atoms with van der Waals surface area (Å²) < 4.78 is 5.67. The number of carbonyl (C=O) groups is 1. The molecule has 0 aliphatic carbocycles. The Bertz CT molecular complexity index is 406. The van der Waals surface area contributed by atoms with Crippen molar-refractivity contribution in [1.82, 2.24) is 4.90 Å². The third-order valence-electron chi connectivity index (χ3n) is 3.23. The highest BCUT2D eigenvalue weighted by atomic mass is 16.5. The molecule has 0 bridgehead atoms. The van der Waals surface area contributed by atoms with Gasteiger partial charge in [0.15, 0.2) is 0 Å². The van der Waals surface area contributed by atoms with E-state index in [2.05, 4.69) is 0 Å². The third-order valence-corrected chi connectivity index (χ3v) is 3.23. The van der Waals surface area contributed by atoms with Crippen LogP contribution in [0.2, 0.25) is 0 Å². The molecule has 1 amide bonds. The van der Waals surface area contributed by atoms with E-state index < -0.39 is 6.04 Å². The van der Waals surface area contributed by atoms with Crippen LogP contribution >= 0.6 is 0 Å². The van der Waals surface area contributed by atoms with Crippen LogP contribution in [0.25, 0.3) is 0 Å². The maximum atomic E-state index is 12.2. The summed E-state index contributed by atoms with van der Waals surface area (Å²) in [6.45, 7) is 4.83. The van der Waals surface area contributed by atoms with Gasteiger partial charge < -0.3 is 15.4 Å². The van der Waals surface area contributed by atoms with E-state index in [0.29, 0.717) is 13.2 Å². The number of benzene rings is 1. The van der Waals surface area contributed by atoms with Crippen LogP contribution in [0, 0.1) is 0 Å². The second-order valence-electron chi connectivity index (χ2n) is 4.85. The van der Waals surface area contributed by atoms with Crippen molar-refractivity contribution in [3.8, 4) is 0 Å². The Balaban J connectivity index is 2.24. The average Bonchev–Trinajstić information content (AvgIpc) is 2.38. The van der Waals surface area contributed by atoms with Gasteiger partial charge in [-0.1, -0.05) is 30.3 Å². The molecule has 1 aromatic rings. The molecule has 1 fully saturated rings. The number of hydrogen-bond donors (Lipinski definition) is 1. The first-order chi connectivity index (χ1) is 8.59. The van der Waals surface area contributed by atoms with Gasteiger partial charge >= 0.3 is 0 Å². The zero-order valence-corrected chi connectivity index (χ0v) is 10.9. The average molecular weight is 248 g/mol. The minimum absolute atomic E-state index is 0.0148. The third kappa shape index (κ3) is 2.71.